The summed E-state index contributed by atoms with van der Waals surface area (Å²) >= 11 is 0. The quantitative estimate of drug-likeness (QED) is 0.689. The molecule has 0 radical (unpaired) electrons. The number of rotatable bonds is 5. The van der Waals surface area contributed by atoms with Gasteiger partial charge in [-0.15, -0.1) is 0 Å². The first-order chi connectivity index (χ1) is 13.6. The molecule has 1 fully saturated rings. The van der Waals surface area contributed by atoms with E-state index in [4.69, 9.17) is 9.47 Å². The third-order valence-electron chi connectivity index (χ3n) is 4.44. The Morgan fingerprint density at radius 1 is 1.14 bits per heavy atom. The summed E-state index contributed by atoms with van der Waals surface area (Å²) in [5, 5.41) is 2.94. The second-order valence-electron chi connectivity index (χ2n) is 6.52. The van der Waals surface area contributed by atoms with Crippen LogP contribution in [-0.4, -0.2) is 43.1 Å². The van der Waals surface area contributed by atoms with E-state index in [-0.39, 0.29) is 29.9 Å². The number of H-pyrrole nitrogens is 1. The topological polar surface area (TPSA) is 111 Å². The van der Waals surface area contributed by atoms with E-state index in [1.807, 2.05) is 6.92 Å². The van der Waals surface area contributed by atoms with Crippen molar-refractivity contribution < 1.29 is 13.9 Å². The van der Waals surface area contributed by atoms with Gasteiger partial charge in [-0.1, -0.05) is 0 Å². The Bertz CT molecular complexity index is 947. The highest BCUT2D eigenvalue weighted by Crippen LogP contribution is 2.31. The molecular formula is C18H20FN7O2. The van der Waals surface area contributed by atoms with Crippen molar-refractivity contribution in [1.29, 1.82) is 0 Å². The minimum Gasteiger partial charge on any atom is -0.467 e. The van der Waals surface area contributed by atoms with E-state index in [0.717, 1.165) is 25.5 Å². The number of aromatic amines is 1. The van der Waals surface area contributed by atoms with E-state index in [2.05, 4.69) is 35.2 Å². The maximum Gasteiger partial charge on any atom is 0.316 e. The summed E-state index contributed by atoms with van der Waals surface area (Å²) in [7, 11) is 1.48. The molecule has 1 aliphatic heterocycles. The van der Waals surface area contributed by atoms with Gasteiger partial charge in [0.05, 0.1) is 49.4 Å². The van der Waals surface area contributed by atoms with Crippen molar-refractivity contribution in [3.05, 3.63) is 36.4 Å². The molecule has 2 N–H and O–H groups in total. The Kier molecular flexibility index (Phi) is 5.11. The fourth-order valence-electron chi connectivity index (χ4n) is 3.06. The monoisotopic (exact) mass is 385 g/mol. The third-order valence-corrected chi connectivity index (χ3v) is 4.44. The lowest BCUT2D eigenvalue weighted by Crippen LogP contribution is -2.20. The van der Waals surface area contributed by atoms with Crippen LogP contribution in [0.3, 0.4) is 0 Å². The molecule has 0 amide bonds. The van der Waals surface area contributed by atoms with E-state index >= 15 is 0 Å². The van der Waals surface area contributed by atoms with Crippen molar-refractivity contribution in [2.24, 2.45) is 0 Å². The molecule has 4 heterocycles. The lowest BCUT2D eigenvalue weighted by molar-refractivity contribution is -0.0454. The molecular weight excluding hydrogens is 365 g/mol. The first-order valence-corrected chi connectivity index (χ1v) is 8.98. The van der Waals surface area contributed by atoms with E-state index in [0.29, 0.717) is 17.2 Å². The van der Waals surface area contributed by atoms with E-state index in [1.54, 1.807) is 6.20 Å². The summed E-state index contributed by atoms with van der Waals surface area (Å²) in [6.07, 6.45) is 8.77. The van der Waals surface area contributed by atoms with Crippen molar-refractivity contribution in [1.82, 2.24) is 29.9 Å². The molecule has 4 rings (SSSR count). The molecule has 0 aromatic carbocycles. The lowest BCUT2D eigenvalue weighted by Gasteiger charge is -2.26. The number of hydrogen-bond acceptors (Lipinski definition) is 8. The number of ether oxygens (including phenoxy) is 2. The summed E-state index contributed by atoms with van der Waals surface area (Å²) in [4.78, 5) is 23.7. The number of anilines is 2. The van der Waals surface area contributed by atoms with Crippen molar-refractivity contribution >= 4 is 11.6 Å². The molecule has 0 bridgehead atoms. The van der Waals surface area contributed by atoms with E-state index in [9.17, 15) is 4.39 Å². The minimum absolute atomic E-state index is 0.114. The molecule has 1 aliphatic rings. The van der Waals surface area contributed by atoms with Crippen molar-refractivity contribution in [3.63, 3.8) is 0 Å². The van der Waals surface area contributed by atoms with Crippen LogP contribution >= 0.6 is 0 Å². The molecule has 2 atom stereocenters. The zero-order valence-corrected chi connectivity index (χ0v) is 15.5. The van der Waals surface area contributed by atoms with E-state index in [1.165, 1.54) is 19.5 Å². The molecule has 0 saturated carbocycles. The highest BCUT2D eigenvalue weighted by Gasteiger charge is 2.24. The maximum absolute atomic E-state index is 14.3. The molecule has 10 heteroatoms. The molecule has 0 spiro atoms. The SMILES string of the molecule is COc1ncc(Nc2ncc(F)c(-c3cnc(C4CCCC(C)O4)[nH]3)n2)cn1. The van der Waals surface area contributed by atoms with Crippen LogP contribution in [0.2, 0.25) is 0 Å². The van der Waals surface area contributed by atoms with Crippen molar-refractivity contribution in [2.45, 2.75) is 38.4 Å². The molecule has 0 aliphatic carbocycles. The van der Waals surface area contributed by atoms with Gasteiger partial charge in [-0.2, -0.15) is 0 Å². The van der Waals surface area contributed by atoms with Gasteiger partial charge in [0.2, 0.25) is 5.95 Å². The smallest absolute Gasteiger partial charge is 0.316 e. The Balaban J connectivity index is 1.55. The van der Waals surface area contributed by atoms with Gasteiger partial charge < -0.3 is 19.8 Å². The molecule has 146 valence electrons. The first kappa shape index (κ1) is 18.2. The zero-order valence-electron chi connectivity index (χ0n) is 15.5. The van der Waals surface area contributed by atoms with Crippen molar-refractivity contribution in [3.8, 4) is 17.4 Å². The second-order valence-corrected chi connectivity index (χ2v) is 6.52. The predicted molar refractivity (Wildman–Crippen MR) is 98.6 cm³/mol. The van der Waals surface area contributed by atoms with Gasteiger partial charge in [-0.3, -0.25) is 0 Å². The lowest BCUT2D eigenvalue weighted by atomic mass is 10.0. The fraction of sp³-hybridized carbons (Fsp3) is 0.389. The molecule has 28 heavy (non-hydrogen) atoms. The normalized spacial score (nSPS) is 19.4. The Hall–Kier alpha value is -3.14. The van der Waals surface area contributed by atoms with Crippen LogP contribution in [0.15, 0.2) is 24.8 Å². The van der Waals surface area contributed by atoms with Gasteiger partial charge in [-0.05, 0) is 26.2 Å². The zero-order chi connectivity index (χ0) is 19.5. The number of halogens is 1. The number of nitrogens with one attached hydrogen (secondary N) is 2. The molecule has 2 unspecified atom stereocenters. The highest BCUT2D eigenvalue weighted by molar-refractivity contribution is 5.58. The van der Waals surface area contributed by atoms with Gasteiger partial charge in [0, 0.05) is 0 Å². The Morgan fingerprint density at radius 3 is 2.71 bits per heavy atom. The molecule has 9 nitrogen and oxygen atoms in total. The third kappa shape index (κ3) is 3.91. The molecule has 1 saturated heterocycles. The summed E-state index contributed by atoms with van der Waals surface area (Å²) in [6.45, 7) is 2.04. The standard InChI is InChI=1S/C18H20FN7O2/c1-10-4-3-5-14(28-10)16-20-9-13(25-16)15-12(19)8-21-17(26-15)24-11-6-22-18(27-2)23-7-11/h6-10,14H,3-5H2,1-2H3,(H,20,25)(H,21,24,26). The van der Waals surface area contributed by atoms with Gasteiger partial charge >= 0.3 is 6.01 Å². The first-order valence-electron chi connectivity index (χ1n) is 8.98. The average Bonchev–Trinajstić information content (AvgIpc) is 3.20. The summed E-state index contributed by atoms with van der Waals surface area (Å²) in [5.74, 6) is 0.339. The average molecular weight is 385 g/mol. The number of nitrogens with zero attached hydrogens (tertiary/aromatic N) is 5. The number of imidazole rings is 1. The van der Waals surface area contributed by atoms with Crippen LogP contribution in [0, 0.1) is 5.82 Å². The Labute approximate surface area is 160 Å². The number of methoxy groups -OCH3 is 1. The largest absolute Gasteiger partial charge is 0.467 e. The summed E-state index contributed by atoms with van der Waals surface area (Å²) < 4.78 is 25.2. The summed E-state index contributed by atoms with van der Waals surface area (Å²) in [5.41, 5.74) is 1.13. The number of hydrogen-bond donors (Lipinski definition) is 2. The van der Waals surface area contributed by atoms with Crippen LogP contribution in [0.25, 0.3) is 11.4 Å². The van der Waals surface area contributed by atoms with Crippen molar-refractivity contribution in [2.75, 3.05) is 12.4 Å². The van der Waals surface area contributed by atoms with Crippen LogP contribution < -0.4 is 10.1 Å². The second kappa shape index (κ2) is 7.85. The maximum atomic E-state index is 14.3. The predicted octanol–water partition coefficient (Wildman–Crippen LogP) is 3.18. The van der Waals surface area contributed by atoms with E-state index < -0.39 is 5.82 Å². The molecule has 3 aromatic heterocycles. The van der Waals surface area contributed by atoms with Gasteiger partial charge in [0.1, 0.15) is 17.6 Å². The van der Waals surface area contributed by atoms with Crippen LogP contribution in [-0.2, 0) is 4.74 Å². The van der Waals surface area contributed by atoms with Crippen LogP contribution in [0.1, 0.15) is 38.1 Å². The van der Waals surface area contributed by atoms with Crippen LogP contribution in [0.5, 0.6) is 6.01 Å². The van der Waals surface area contributed by atoms with Gasteiger partial charge in [0.25, 0.3) is 0 Å². The van der Waals surface area contributed by atoms with Gasteiger partial charge in [0.15, 0.2) is 5.82 Å². The molecule has 3 aromatic rings. The highest BCUT2D eigenvalue weighted by atomic mass is 19.1. The Morgan fingerprint density at radius 2 is 1.96 bits per heavy atom. The fourth-order valence-corrected chi connectivity index (χ4v) is 3.06. The number of aromatic nitrogens is 6. The van der Waals surface area contributed by atoms with Gasteiger partial charge in [-0.25, -0.2) is 29.3 Å². The van der Waals surface area contributed by atoms with Crippen LogP contribution in [0.4, 0.5) is 16.0 Å². The minimum atomic E-state index is -0.551. The summed E-state index contributed by atoms with van der Waals surface area (Å²) in [6, 6.07) is 0.246.